The molecule has 226 valence electrons. The second-order valence-electron chi connectivity index (χ2n) is 10.3. The highest BCUT2D eigenvalue weighted by Gasteiger charge is 2.32. The second kappa shape index (κ2) is 14.7. The monoisotopic (exact) mass is 643 g/mol. The maximum Gasteiger partial charge on any atom is 0.317 e. The Hall–Kier alpha value is -3.59. The van der Waals surface area contributed by atoms with Crippen LogP contribution in [0.4, 0.5) is 4.79 Å². The van der Waals surface area contributed by atoms with Crippen molar-refractivity contribution in [1.82, 2.24) is 15.1 Å². The van der Waals surface area contributed by atoms with E-state index in [-0.39, 0.29) is 41.1 Å². The van der Waals surface area contributed by atoms with Gasteiger partial charge in [-0.15, -0.1) is 0 Å². The van der Waals surface area contributed by atoms with E-state index in [1.54, 1.807) is 31.0 Å². The van der Waals surface area contributed by atoms with Crippen LogP contribution in [0.1, 0.15) is 50.8 Å². The van der Waals surface area contributed by atoms with Crippen molar-refractivity contribution in [3.05, 3.63) is 104 Å². The Morgan fingerprint density at radius 1 is 1.02 bits per heavy atom. The zero-order valence-corrected chi connectivity index (χ0v) is 26.1. The summed E-state index contributed by atoms with van der Waals surface area (Å²) in [5, 5.41) is 3.41. The molecule has 1 aliphatic heterocycles. The maximum atomic E-state index is 13.5. The lowest BCUT2D eigenvalue weighted by Gasteiger charge is -2.30. The van der Waals surface area contributed by atoms with E-state index in [4.69, 9.17) is 39.5 Å². The summed E-state index contributed by atoms with van der Waals surface area (Å²) in [6.45, 7) is 2.76. The number of ether oxygens (including phenoxy) is 1. The van der Waals surface area contributed by atoms with Gasteiger partial charge in [0.2, 0.25) is 0 Å². The molecule has 11 heteroatoms. The van der Waals surface area contributed by atoms with E-state index in [0.29, 0.717) is 42.2 Å². The van der Waals surface area contributed by atoms with Gasteiger partial charge in [0.25, 0.3) is 5.91 Å². The molecule has 43 heavy (non-hydrogen) atoms. The van der Waals surface area contributed by atoms with Crippen LogP contribution in [0.3, 0.4) is 0 Å². The van der Waals surface area contributed by atoms with Crippen molar-refractivity contribution in [3.8, 4) is 0 Å². The topological polar surface area (TPSA) is 96.0 Å². The lowest BCUT2D eigenvalue weighted by atomic mass is 9.91. The predicted molar refractivity (Wildman–Crippen MR) is 167 cm³/mol. The molecule has 3 aromatic carbocycles. The molecule has 3 aromatic rings. The Bertz CT molecular complexity index is 1520. The van der Waals surface area contributed by atoms with Crippen molar-refractivity contribution in [2.24, 2.45) is 5.92 Å². The molecular formula is C32H32Cl3N3O5. The molecule has 3 amide bonds. The lowest BCUT2D eigenvalue weighted by molar-refractivity contribution is -0.147. The minimum atomic E-state index is -0.973. The molecule has 8 nitrogen and oxygen atoms in total. The first kappa shape index (κ1) is 32.3. The summed E-state index contributed by atoms with van der Waals surface area (Å²) in [6.07, 6.45) is 0.123. The molecular weight excluding hydrogens is 613 g/mol. The van der Waals surface area contributed by atoms with E-state index in [0.717, 1.165) is 11.1 Å². The van der Waals surface area contributed by atoms with Crippen LogP contribution in [0.5, 0.6) is 0 Å². The van der Waals surface area contributed by atoms with Crippen LogP contribution in [0.25, 0.3) is 0 Å². The molecule has 0 fully saturated rings. The van der Waals surface area contributed by atoms with Crippen LogP contribution in [-0.4, -0.2) is 60.2 Å². The Kier molecular flexibility index (Phi) is 11.1. The highest BCUT2D eigenvalue weighted by molar-refractivity contribution is 6.41. The number of benzene rings is 3. The molecule has 1 N–H and O–H groups in total. The summed E-state index contributed by atoms with van der Waals surface area (Å²) in [7, 11) is 1.64. The average Bonchev–Trinajstić information content (AvgIpc) is 2.97. The van der Waals surface area contributed by atoms with Crippen LogP contribution in [0, 0.1) is 5.92 Å². The number of amides is 3. The van der Waals surface area contributed by atoms with Crippen LogP contribution < -0.4 is 5.32 Å². The third-order valence-electron chi connectivity index (χ3n) is 7.17. The molecule has 4 rings (SSSR count). The summed E-state index contributed by atoms with van der Waals surface area (Å²) >= 11 is 19.3. The Morgan fingerprint density at radius 3 is 2.44 bits per heavy atom. The predicted octanol–water partition coefficient (Wildman–Crippen LogP) is 6.44. The zero-order valence-electron chi connectivity index (χ0n) is 23.9. The number of ketones is 1. The Labute approximate surface area is 265 Å². The second-order valence-corrected chi connectivity index (χ2v) is 11.5. The number of fused-ring (bicyclic) bond motifs is 1. The molecule has 1 aliphatic rings. The number of carbonyl (C=O) groups excluding carboxylic acids is 4. The number of hydrogen-bond acceptors (Lipinski definition) is 5. The van der Waals surface area contributed by atoms with Gasteiger partial charge in [-0.1, -0.05) is 77.3 Å². The number of urea groups is 1. The fourth-order valence-corrected chi connectivity index (χ4v) is 5.95. The van der Waals surface area contributed by atoms with Crippen molar-refractivity contribution < 1.29 is 23.9 Å². The van der Waals surface area contributed by atoms with E-state index in [2.05, 4.69) is 5.32 Å². The Morgan fingerprint density at radius 2 is 1.74 bits per heavy atom. The van der Waals surface area contributed by atoms with Crippen molar-refractivity contribution >= 4 is 58.5 Å². The van der Waals surface area contributed by atoms with E-state index in [1.165, 1.54) is 11.0 Å². The van der Waals surface area contributed by atoms with Crippen LogP contribution in [-0.2, 0) is 29.0 Å². The zero-order chi connectivity index (χ0) is 31.1. The van der Waals surface area contributed by atoms with E-state index in [1.807, 2.05) is 42.5 Å². The smallest absolute Gasteiger partial charge is 0.317 e. The third kappa shape index (κ3) is 8.07. The lowest BCUT2D eigenvalue weighted by Crippen LogP contribution is -2.41. The van der Waals surface area contributed by atoms with Gasteiger partial charge in [-0.05, 0) is 48.2 Å². The molecule has 0 saturated heterocycles. The summed E-state index contributed by atoms with van der Waals surface area (Å²) in [5.74, 6) is -2.34. The molecule has 0 aromatic heterocycles. The SMILES string of the molecule is CCOC(=O)C(CNC(=O)N(C)Cc1ccccc1)CC(=O)c1c(Cl)cc2c(c1Cl)CCN(Cc1cccc(Cl)c1)C2=O. The van der Waals surface area contributed by atoms with Crippen LogP contribution in [0.15, 0.2) is 60.7 Å². The molecule has 0 aliphatic carbocycles. The highest BCUT2D eigenvalue weighted by Crippen LogP contribution is 2.36. The van der Waals surface area contributed by atoms with E-state index in [9.17, 15) is 19.2 Å². The summed E-state index contributed by atoms with van der Waals surface area (Å²) < 4.78 is 5.18. The fourth-order valence-electron chi connectivity index (χ4n) is 4.98. The number of esters is 1. The van der Waals surface area contributed by atoms with Gasteiger partial charge in [0.15, 0.2) is 5.78 Å². The molecule has 1 atom stereocenters. The van der Waals surface area contributed by atoms with Gasteiger partial charge < -0.3 is 19.9 Å². The summed E-state index contributed by atoms with van der Waals surface area (Å²) in [4.78, 5) is 55.5. The summed E-state index contributed by atoms with van der Waals surface area (Å²) in [6, 6.07) is 17.8. The first-order valence-electron chi connectivity index (χ1n) is 13.9. The molecule has 0 spiro atoms. The first-order valence-corrected chi connectivity index (χ1v) is 15.0. The molecule has 1 unspecified atom stereocenters. The van der Waals surface area contributed by atoms with Gasteiger partial charge in [-0.25, -0.2) is 4.79 Å². The fraction of sp³-hybridized carbons (Fsp3) is 0.312. The number of hydrogen-bond donors (Lipinski definition) is 1. The maximum absolute atomic E-state index is 13.5. The molecule has 0 saturated carbocycles. The highest BCUT2D eigenvalue weighted by atomic mass is 35.5. The Balaban J connectivity index is 1.47. The minimum Gasteiger partial charge on any atom is -0.466 e. The van der Waals surface area contributed by atoms with Gasteiger partial charge in [-0.3, -0.25) is 14.4 Å². The molecule has 0 bridgehead atoms. The number of nitrogens with one attached hydrogen (secondary N) is 1. The van der Waals surface area contributed by atoms with Crippen molar-refractivity contribution in [3.63, 3.8) is 0 Å². The number of rotatable bonds is 11. The normalized spacial score (nSPS) is 13.2. The summed E-state index contributed by atoms with van der Waals surface area (Å²) in [5.41, 5.74) is 2.73. The van der Waals surface area contributed by atoms with Gasteiger partial charge in [0.1, 0.15) is 0 Å². The van der Waals surface area contributed by atoms with Gasteiger partial charge >= 0.3 is 12.0 Å². The largest absolute Gasteiger partial charge is 0.466 e. The van der Waals surface area contributed by atoms with Crippen LogP contribution >= 0.6 is 34.8 Å². The number of carbonyl (C=O) groups is 4. The van der Waals surface area contributed by atoms with Gasteiger partial charge in [0.05, 0.1) is 28.1 Å². The van der Waals surface area contributed by atoms with E-state index < -0.39 is 23.7 Å². The number of nitrogens with zero attached hydrogens (tertiary/aromatic N) is 2. The molecule has 0 radical (unpaired) electrons. The molecule has 1 heterocycles. The van der Waals surface area contributed by atoms with Crippen molar-refractivity contribution in [1.29, 1.82) is 0 Å². The number of Topliss-reactive ketones (excluding diaryl/α,β-unsaturated/α-hetero) is 1. The van der Waals surface area contributed by atoms with Crippen molar-refractivity contribution in [2.45, 2.75) is 32.9 Å². The standard InChI is InChI=1S/C32H32Cl3N3O5/c1-3-43-31(41)22(17-36-32(42)37(2)18-20-8-5-4-6-9-20)15-27(39)28-26(34)16-25-24(29(28)35)12-13-38(30(25)40)19-21-10-7-11-23(33)14-21/h4-11,14,16,22H,3,12-13,15,17-19H2,1-2H3,(H,36,42). The van der Waals surface area contributed by atoms with Gasteiger partial charge in [0, 0.05) is 50.2 Å². The van der Waals surface area contributed by atoms with Crippen molar-refractivity contribution in [2.75, 3.05) is 26.7 Å². The van der Waals surface area contributed by atoms with E-state index >= 15 is 0 Å². The van der Waals surface area contributed by atoms with Crippen LogP contribution in [0.2, 0.25) is 15.1 Å². The van der Waals surface area contributed by atoms with Gasteiger partial charge in [-0.2, -0.15) is 0 Å². The number of halogens is 3. The quantitative estimate of drug-likeness (QED) is 0.192. The minimum absolute atomic E-state index is 0.0148. The average molecular weight is 645 g/mol. The first-order chi connectivity index (χ1) is 20.6. The third-order valence-corrected chi connectivity index (χ3v) is 8.12.